The molecule has 0 radical (unpaired) electrons. The van der Waals surface area contributed by atoms with Crippen molar-refractivity contribution in [2.45, 2.75) is 39.5 Å². The number of anilines is 2. The van der Waals surface area contributed by atoms with Gasteiger partial charge in [-0.1, -0.05) is 0 Å². The number of nitrogens with one attached hydrogen (secondary N) is 2. The van der Waals surface area contributed by atoms with Gasteiger partial charge in [-0.3, -0.25) is 0 Å². The van der Waals surface area contributed by atoms with Crippen LogP contribution in [0.25, 0.3) is 9.53 Å². The van der Waals surface area contributed by atoms with Crippen LogP contribution in [0.2, 0.25) is 0 Å². The van der Waals surface area contributed by atoms with Crippen molar-refractivity contribution < 1.29 is 0 Å². The first-order chi connectivity index (χ1) is 9.74. The summed E-state index contributed by atoms with van der Waals surface area (Å²) in [5, 5.41) is 6.76. The van der Waals surface area contributed by atoms with E-state index in [1.165, 1.54) is 15.5 Å². The molecule has 0 aliphatic carbocycles. The van der Waals surface area contributed by atoms with Crippen molar-refractivity contribution in [3.05, 3.63) is 2.69 Å². The second-order valence-electron chi connectivity index (χ2n) is 4.54. The maximum absolute atomic E-state index is 4.63. The van der Waals surface area contributed by atoms with Gasteiger partial charge in [0.2, 0.25) is 0 Å². The fraction of sp³-hybridized carbons (Fsp3) is 0.615. The molecule has 2 rings (SSSR count). The van der Waals surface area contributed by atoms with Crippen molar-refractivity contribution in [2.24, 2.45) is 0 Å². The molecule has 0 aromatic carbocycles. The maximum atomic E-state index is 4.63. The molecule has 0 saturated heterocycles. The van der Waals surface area contributed by atoms with Crippen molar-refractivity contribution in [1.29, 1.82) is 0 Å². The third kappa shape index (κ3) is 4.25. The van der Waals surface area contributed by atoms with Crippen molar-refractivity contribution >= 4 is 59.5 Å². The molecule has 0 fully saturated rings. The van der Waals surface area contributed by atoms with Crippen molar-refractivity contribution in [3.8, 4) is 0 Å². The van der Waals surface area contributed by atoms with Gasteiger partial charge in [0.05, 0.1) is 0 Å². The van der Waals surface area contributed by atoms with Gasteiger partial charge in [-0.25, -0.2) is 0 Å². The van der Waals surface area contributed by atoms with Gasteiger partial charge < -0.3 is 0 Å². The Morgan fingerprint density at radius 1 is 1.00 bits per heavy atom. The summed E-state index contributed by atoms with van der Waals surface area (Å²) in [6.45, 7) is 6.27. The van der Waals surface area contributed by atoms with Crippen LogP contribution in [0.15, 0.2) is 0 Å². The average Bonchev–Trinajstić information content (AvgIpc) is 2.80. The van der Waals surface area contributed by atoms with Gasteiger partial charge in [0, 0.05) is 0 Å². The predicted octanol–water partition coefficient (Wildman–Crippen LogP) is 3.88. The molecule has 0 aliphatic rings. The van der Waals surface area contributed by atoms with E-state index in [0.29, 0.717) is 0 Å². The Labute approximate surface area is 135 Å². The summed E-state index contributed by atoms with van der Waals surface area (Å²) in [6.07, 6.45) is 4.65. The third-order valence-corrected chi connectivity index (χ3v) is 5.93. The van der Waals surface area contributed by atoms with Gasteiger partial charge in [-0.05, 0) is 0 Å². The van der Waals surface area contributed by atoms with Gasteiger partial charge in [0.25, 0.3) is 0 Å². The van der Waals surface area contributed by atoms with E-state index in [4.69, 9.17) is 0 Å². The van der Waals surface area contributed by atoms with Gasteiger partial charge >= 0.3 is 135 Å². The molecule has 2 heterocycles. The summed E-state index contributed by atoms with van der Waals surface area (Å²) in [6, 6.07) is 0. The second kappa shape index (κ2) is 8.07. The number of hydrogen-bond acceptors (Lipinski definition) is 6. The molecule has 0 saturated carbocycles. The number of aromatic nitrogens is 2. The van der Waals surface area contributed by atoms with Crippen LogP contribution < -0.4 is 10.6 Å². The molecule has 0 atom stereocenters. The molecule has 2 aromatic heterocycles. The first-order valence-electron chi connectivity index (χ1n) is 7.04. The number of rotatable bonds is 8. The van der Waals surface area contributed by atoms with E-state index in [1.54, 1.807) is 22.7 Å². The van der Waals surface area contributed by atoms with Crippen LogP contribution in [0, 0.1) is 2.69 Å². The first-order valence-corrected chi connectivity index (χ1v) is 9.53. The molecule has 4 nitrogen and oxygen atoms in total. The molecule has 2 N–H and O–H groups in total. The van der Waals surface area contributed by atoms with E-state index in [0.717, 1.165) is 47.2 Å². The summed E-state index contributed by atoms with van der Waals surface area (Å²) in [4.78, 5) is 10.3. The zero-order chi connectivity index (χ0) is 14.4. The zero-order valence-electron chi connectivity index (χ0n) is 11.9. The Bertz CT molecular complexity index is 608. The number of nitrogens with zero attached hydrogens (tertiary/aromatic N) is 2. The predicted molar refractivity (Wildman–Crippen MR) is 91.1 cm³/mol. The molecule has 0 unspecified atom stereocenters. The molecule has 0 bridgehead atoms. The van der Waals surface area contributed by atoms with Gasteiger partial charge in [-0.15, -0.1) is 0 Å². The molecule has 0 amide bonds. The number of unbranched alkanes of at least 4 members (excludes halogenated alkanes) is 2. The fourth-order valence-electron chi connectivity index (χ4n) is 1.73. The Hall–Kier alpha value is -0.491. The van der Waals surface area contributed by atoms with Crippen LogP contribution >= 0.6 is 22.7 Å². The van der Waals surface area contributed by atoms with Crippen molar-refractivity contribution in [3.63, 3.8) is 0 Å². The Morgan fingerprint density at radius 3 is 2.40 bits per heavy atom. The Morgan fingerprint density at radius 2 is 1.70 bits per heavy atom. The average molecular weight is 375 g/mol. The molecular weight excluding hydrogens is 355 g/mol. The molecule has 2 aromatic rings. The van der Waals surface area contributed by atoms with Crippen LogP contribution in [0.5, 0.6) is 0 Å². The van der Waals surface area contributed by atoms with Gasteiger partial charge in [0.1, 0.15) is 0 Å². The van der Waals surface area contributed by atoms with Gasteiger partial charge in [-0.2, -0.15) is 0 Å². The zero-order valence-corrected chi connectivity index (χ0v) is 15.2. The van der Waals surface area contributed by atoms with E-state index in [2.05, 4.69) is 50.0 Å². The van der Waals surface area contributed by atoms with Crippen molar-refractivity contribution in [1.82, 2.24) is 9.97 Å². The molecular formula is C13H20N4S2Se. The Kier molecular flexibility index (Phi) is 6.42. The second-order valence-corrected chi connectivity index (χ2v) is 8.85. The van der Waals surface area contributed by atoms with Crippen molar-refractivity contribution in [2.75, 3.05) is 23.7 Å². The quantitative estimate of drug-likeness (QED) is 0.543. The van der Waals surface area contributed by atoms with E-state index >= 15 is 0 Å². The minimum atomic E-state index is 0.735. The third-order valence-electron chi connectivity index (χ3n) is 2.84. The van der Waals surface area contributed by atoms with Crippen LogP contribution in [0.3, 0.4) is 0 Å². The summed E-state index contributed by atoms with van der Waals surface area (Å²) in [5.74, 6) is 1.70. The van der Waals surface area contributed by atoms with Gasteiger partial charge in [0.15, 0.2) is 0 Å². The van der Waals surface area contributed by atoms with E-state index < -0.39 is 0 Å². The number of fused-ring (bicyclic) bond motifs is 1. The van der Waals surface area contributed by atoms with Crippen LogP contribution in [-0.4, -0.2) is 38.6 Å². The summed E-state index contributed by atoms with van der Waals surface area (Å²) < 4.78 is 2.35. The molecule has 0 spiro atoms. The molecule has 7 heteroatoms. The van der Waals surface area contributed by atoms with Crippen LogP contribution in [-0.2, 0) is 0 Å². The first kappa shape index (κ1) is 15.9. The van der Waals surface area contributed by atoms with Crippen LogP contribution in [0.4, 0.5) is 11.8 Å². The Balaban J connectivity index is 2.23. The monoisotopic (exact) mass is 376 g/mol. The number of hydrogen-bond donors (Lipinski definition) is 2. The molecule has 0 aliphatic heterocycles. The summed E-state index contributed by atoms with van der Waals surface area (Å²) in [7, 11) is 0. The summed E-state index contributed by atoms with van der Waals surface area (Å²) >= 11 is 6.49. The standard InChI is InChI=1S/C13H20N4S2Se/c1-3-5-7-14-10-9-11(19-13(20)18-9)17-12(16-10)15-8-6-4-2/h3-8H2,1-2H3,(H2,14,15,16,17). The van der Waals surface area contributed by atoms with E-state index in [1.807, 2.05) is 0 Å². The van der Waals surface area contributed by atoms with Crippen LogP contribution in [0.1, 0.15) is 39.5 Å². The SMILES string of the molecule is CCCCNc1nc(NCCCC)c2sc(=[Se])sc2n1. The van der Waals surface area contributed by atoms with E-state index in [9.17, 15) is 0 Å². The normalized spacial score (nSPS) is 10.9. The fourth-order valence-corrected chi connectivity index (χ4v) is 4.65. The minimum absolute atomic E-state index is 0.735. The molecule has 20 heavy (non-hydrogen) atoms. The van der Waals surface area contributed by atoms with E-state index in [-0.39, 0.29) is 0 Å². The molecule has 110 valence electrons. The topological polar surface area (TPSA) is 49.8 Å². The summed E-state index contributed by atoms with van der Waals surface area (Å²) in [5.41, 5.74) is 0.